The van der Waals surface area contributed by atoms with E-state index in [1.54, 1.807) is 7.11 Å². The van der Waals surface area contributed by atoms with Crippen molar-refractivity contribution in [2.24, 2.45) is 0 Å². The van der Waals surface area contributed by atoms with Crippen molar-refractivity contribution in [2.45, 2.75) is 13.5 Å². The van der Waals surface area contributed by atoms with Crippen molar-refractivity contribution in [1.29, 1.82) is 0 Å². The lowest BCUT2D eigenvalue weighted by Gasteiger charge is -2.12. The van der Waals surface area contributed by atoms with Crippen LogP contribution in [0.3, 0.4) is 0 Å². The summed E-state index contributed by atoms with van der Waals surface area (Å²) in [6, 6.07) is 15.7. The topological polar surface area (TPSA) is 59.6 Å². The van der Waals surface area contributed by atoms with Gasteiger partial charge >= 0.3 is 0 Å². The minimum absolute atomic E-state index is 0.0767. The van der Waals surface area contributed by atoms with E-state index < -0.39 is 0 Å². The molecule has 1 amide bonds. The molecule has 24 heavy (non-hydrogen) atoms. The van der Waals surface area contributed by atoms with Crippen molar-refractivity contribution < 1.29 is 14.3 Å². The predicted molar refractivity (Wildman–Crippen MR) is 95.3 cm³/mol. The molecule has 0 fully saturated rings. The molecular weight excluding hydrogens is 304 g/mol. The van der Waals surface area contributed by atoms with E-state index in [9.17, 15) is 4.79 Å². The maximum Gasteiger partial charge on any atom is 0.238 e. The van der Waals surface area contributed by atoms with Crippen molar-refractivity contribution in [3.05, 3.63) is 59.7 Å². The number of nitrogens with one attached hydrogen (secondary N) is 2. The number of anilines is 1. The van der Waals surface area contributed by atoms with E-state index in [4.69, 9.17) is 9.47 Å². The number of hydrogen-bond acceptors (Lipinski definition) is 4. The molecule has 0 radical (unpaired) electrons. The molecule has 5 heteroatoms. The Morgan fingerprint density at radius 2 is 1.92 bits per heavy atom. The van der Waals surface area contributed by atoms with E-state index >= 15 is 0 Å². The first-order valence-electron chi connectivity index (χ1n) is 7.96. The predicted octanol–water partition coefficient (Wildman–Crippen LogP) is 2.75. The average molecular weight is 328 g/mol. The van der Waals surface area contributed by atoms with Crippen molar-refractivity contribution in [3.63, 3.8) is 0 Å². The standard InChI is InChI=1S/C19H24N2O3/c1-15-12-17(24-14-16-6-4-3-5-7-16)8-9-18(15)21-19(22)13-20-10-11-23-2/h3-9,12,20H,10-11,13-14H2,1-2H3,(H,21,22). The fraction of sp³-hybridized carbons (Fsp3) is 0.316. The second-order valence-electron chi connectivity index (χ2n) is 5.47. The van der Waals surface area contributed by atoms with Crippen LogP contribution in [0.25, 0.3) is 0 Å². The van der Waals surface area contributed by atoms with Crippen LogP contribution in [-0.2, 0) is 16.1 Å². The van der Waals surface area contributed by atoms with Gasteiger partial charge in [-0.15, -0.1) is 0 Å². The minimum atomic E-state index is -0.0767. The Morgan fingerprint density at radius 3 is 2.62 bits per heavy atom. The number of amides is 1. The first-order valence-corrected chi connectivity index (χ1v) is 7.96. The van der Waals surface area contributed by atoms with Crippen molar-refractivity contribution in [1.82, 2.24) is 5.32 Å². The van der Waals surface area contributed by atoms with Gasteiger partial charge in [0.15, 0.2) is 0 Å². The first kappa shape index (κ1) is 18.0. The molecule has 2 aromatic rings. The second-order valence-corrected chi connectivity index (χ2v) is 5.47. The maximum atomic E-state index is 11.9. The number of benzene rings is 2. The highest BCUT2D eigenvalue weighted by atomic mass is 16.5. The van der Waals surface area contributed by atoms with E-state index in [-0.39, 0.29) is 12.5 Å². The zero-order valence-corrected chi connectivity index (χ0v) is 14.2. The first-order chi connectivity index (χ1) is 11.7. The van der Waals surface area contributed by atoms with Crippen LogP contribution in [-0.4, -0.2) is 32.7 Å². The zero-order valence-electron chi connectivity index (χ0n) is 14.2. The molecule has 0 saturated heterocycles. The average Bonchev–Trinajstić information content (AvgIpc) is 2.60. The monoisotopic (exact) mass is 328 g/mol. The number of hydrogen-bond donors (Lipinski definition) is 2. The Bertz CT molecular complexity index is 644. The van der Waals surface area contributed by atoms with Crippen molar-refractivity contribution >= 4 is 11.6 Å². The molecule has 0 aliphatic carbocycles. The summed E-state index contributed by atoms with van der Waals surface area (Å²) in [4.78, 5) is 11.9. The van der Waals surface area contributed by atoms with Gasteiger partial charge in [0, 0.05) is 19.3 Å². The van der Waals surface area contributed by atoms with E-state index in [1.165, 1.54) is 0 Å². The molecule has 0 aliphatic rings. The summed E-state index contributed by atoms with van der Waals surface area (Å²) in [7, 11) is 1.63. The third-order valence-corrected chi connectivity index (χ3v) is 3.49. The zero-order chi connectivity index (χ0) is 17.2. The Labute approximate surface area is 143 Å². The molecule has 5 nitrogen and oxygen atoms in total. The van der Waals surface area contributed by atoms with Gasteiger partial charge in [0.25, 0.3) is 0 Å². The van der Waals surface area contributed by atoms with Gasteiger partial charge < -0.3 is 20.1 Å². The maximum absolute atomic E-state index is 11.9. The Morgan fingerprint density at radius 1 is 1.12 bits per heavy atom. The molecule has 0 aromatic heterocycles. The van der Waals surface area contributed by atoms with E-state index in [0.29, 0.717) is 19.8 Å². The summed E-state index contributed by atoms with van der Waals surface area (Å²) in [5, 5.41) is 5.90. The van der Waals surface area contributed by atoms with Crippen LogP contribution in [0.2, 0.25) is 0 Å². The van der Waals surface area contributed by atoms with Crippen LogP contribution >= 0.6 is 0 Å². The molecule has 0 heterocycles. The molecule has 0 bridgehead atoms. The van der Waals surface area contributed by atoms with Gasteiger partial charge in [0.2, 0.25) is 5.91 Å². The fourth-order valence-corrected chi connectivity index (χ4v) is 2.18. The van der Waals surface area contributed by atoms with Crippen LogP contribution in [0.4, 0.5) is 5.69 Å². The smallest absolute Gasteiger partial charge is 0.238 e. The van der Waals surface area contributed by atoms with Gasteiger partial charge in [0.1, 0.15) is 12.4 Å². The number of methoxy groups -OCH3 is 1. The van der Waals surface area contributed by atoms with E-state index in [1.807, 2.05) is 55.5 Å². The fourth-order valence-electron chi connectivity index (χ4n) is 2.18. The summed E-state index contributed by atoms with van der Waals surface area (Å²) in [5.74, 6) is 0.708. The van der Waals surface area contributed by atoms with Gasteiger partial charge in [-0.05, 0) is 36.2 Å². The number of carbonyl (C=O) groups is 1. The highest BCUT2D eigenvalue weighted by Crippen LogP contribution is 2.22. The van der Waals surface area contributed by atoms with Crippen LogP contribution in [0, 0.1) is 6.92 Å². The van der Waals surface area contributed by atoms with Gasteiger partial charge in [-0.3, -0.25) is 4.79 Å². The number of aryl methyl sites for hydroxylation is 1. The van der Waals surface area contributed by atoms with Gasteiger partial charge in [-0.2, -0.15) is 0 Å². The Kier molecular flexibility index (Phi) is 7.26. The third-order valence-electron chi connectivity index (χ3n) is 3.49. The lowest BCUT2D eigenvalue weighted by Crippen LogP contribution is -2.30. The van der Waals surface area contributed by atoms with Crippen LogP contribution in [0.1, 0.15) is 11.1 Å². The number of carbonyl (C=O) groups excluding carboxylic acids is 1. The molecular formula is C19H24N2O3. The SMILES string of the molecule is COCCNCC(=O)Nc1ccc(OCc2ccccc2)cc1C. The third kappa shape index (κ3) is 6.02. The van der Waals surface area contributed by atoms with E-state index in [0.717, 1.165) is 22.6 Å². The molecule has 128 valence electrons. The molecule has 2 rings (SSSR count). The molecule has 0 unspecified atom stereocenters. The summed E-state index contributed by atoms with van der Waals surface area (Å²) in [5.41, 5.74) is 2.88. The summed E-state index contributed by atoms with van der Waals surface area (Å²) in [6.07, 6.45) is 0. The molecule has 2 aromatic carbocycles. The lowest BCUT2D eigenvalue weighted by molar-refractivity contribution is -0.115. The van der Waals surface area contributed by atoms with E-state index in [2.05, 4.69) is 10.6 Å². The summed E-state index contributed by atoms with van der Waals surface area (Å²) in [6.45, 7) is 3.96. The second kappa shape index (κ2) is 9.70. The summed E-state index contributed by atoms with van der Waals surface area (Å²) >= 11 is 0. The number of rotatable bonds is 9. The van der Waals surface area contributed by atoms with Crippen molar-refractivity contribution in [3.8, 4) is 5.75 Å². The molecule has 2 N–H and O–H groups in total. The van der Waals surface area contributed by atoms with Crippen molar-refractivity contribution in [2.75, 3.05) is 32.1 Å². The molecule has 0 saturated carbocycles. The van der Waals surface area contributed by atoms with Gasteiger partial charge in [-0.25, -0.2) is 0 Å². The lowest BCUT2D eigenvalue weighted by atomic mass is 10.2. The highest BCUT2D eigenvalue weighted by molar-refractivity contribution is 5.93. The molecule has 0 aliphatic heterocycles. The van der Waals surface area contributed by atoms with Gasteiger partial charge in [-0.1, -0.05) is 30.3 Å². The largest absolute Gasteiger partial charge is 0.489 e. The normalized spacial score (nSPS) is 10.4. The highest BCUT2D eigenvalue weighted by Gasteiger charge is 2.06. The minimum Gasteiger partial charge on any atom is -0.489 e. The van der Waals surface area contributed by atoms with Crippen LogP contribution < -0.4 is 15.4 Å². The summed E-state index contributed by atoms with van der Waals surface area (Å²) < 4.78 is 10.7. The Hall–Kier alpha value is -2.37. The van der Waals surface area contributed by atoms with Gasteiger partial charge in [0.05, 0.1) is 13.2 Å². The number of ether oxygens (including phenoxy) is 2. The van der Waals surface area contributed by atoms with Crippen LogP contribution in [0.15, 0.2) is 48.5 Å². The molecule has 0 spiro atoms. The molecule has 0 atom stereocenters. The van der Waals surface area contributed by atoms with Crippen LogP contribution in [0.5, 0.6) is 5.75 Å². The Balaban J connectivity index is 1.84. The quantitative estimate of drug-likeness (QED) is 0.695.